The van der Waals surface area contributed by atoms with Crippen LogP contribution in [0.2, 0.25) is 0 Å². The Morgan fingerprint density at radius 1 is 1.19 bits per heavy atom. The van der Waals surface area contributed by atoms with Gasteiger partial charge in [-0.05, 0) is 61.2 Å². The number of hydrogen-bond acceptors (Lipinski definition) is 5. The van der Waals surface area contributed by atoms with Crippen LogP contribution in [0.4, 0.5) is 14.6 Å². The van der Waals surface area contributed by atoms with E-state index < -0.39 is 17.4 Å². The van der Waals surface area contributed by atoms with E-state index in [1.807, 2.05) is 6.20 Å². The van der Waals surface area contributed by atoms with Crippen LogP contribution in [-0.4, -0.2) is 38.7 Å². The van der Waals surface area contributed by atoms with Crippen LogP contribution in [0.3, 0.4) is 0 Å². The summed E-state index contributed by atoms with van der Waals surface area (Å²) >= 11 is 0. The second-order valence-corrected chi connectivity index (χ2v) is 8.37. The number of amides is 1. The van der Waals surface area contributed by atoms with Crippen LogP contribution < -0.4 is 16.0 Å². The summed E-state index contributed by atoms with van der Waals surface area (Å²) in [6.45, 7) is 2.56. The lowest BCUT2D eigenvalue weighted by atomic mass is 9.99. The molecule has 1 aliphatic heterocycles. The third-order valence-electron chi connectivity index (χ3n) is 6.18. The molecule has 182 valence electrons. The van der Waals surface area contributed by atoms with E-state index in [9.17, 15) is 18.4 Å². The number of aromatic nitrogens is 3. The van der Waals surface area contributed by atoms with Gasteiger partial charge in [-0.15, -0.1) is 0 Å². The number of ether oxygens (including phenoxy) is 1. The number of anilines is 1. The number of carbonyl (C=O) groups is 1. The SMILES string of the molecule is CC#CC(=O)N1CCC(c2cn(-c3ccc(Oc4c(F)cccc4F)cc3)c3c(N)n[nH]c(=O)c23)C1. The Hall–Kier alpha value is -4.65. The molecule has 4 aromatic rings. The van der Waals surface area contributed by atoms with Crippen molar-refractivity contribution in [2.24, 2.45) is 0 Å². The summed E-state index contributed by atoms with van der Waals surface area (Å²) in [5.41, 5.74) is 7.58. The number of halogens is 2. The minimum Gasteiger partial charge on any atom is -0.451 e. The van der Waals surface area contributed by atoms with E-state index in [0.717, 1.165) is 17.7 Å². The molecule has 5 rings (SSSR count). The smallest absolute Gasteiger partial charge is 0.298 e. The maximum atomic E-state index is 14.0. The second kappa shape index (κ2) is 9.19. The maximum absolute atomic E-state index is 14.0. The highest BCUT2D eigenvalue weighted by molar-refractivity contribution is 5.94. The van der Waals surface area contributed by atoms with Gasteiger partial charge in [-0.1, -0.05) is 12.0 Å². The van der Waals surface area contributed by atoms with E-state index in [0.29, 0.717) is 36.1 Å². The number of nitrogens with zero attached hydrogens (tertiary/aromatic N) is 3. The number of hydrogen-bond donors (Lipinski definition) is 2. The molecule has 3 N–H and O–H groups in total. The highest BCUT2D eigenvalue weighted by Gasteiger charge is 2.30. The number of nitrogens with two attached hydrogens (primary N) is 1. The Balaban J connectivity index is 1.52. The van der Waals surface area contributed by atoms with Crippen molar-refractivity contribution >= 4 is 22.6 Å². The first-order valence-electron chi connectivity index (χ1n) is 11.2. The molecule has 1 aliphatic rings. The van der Waals surface area contributed by atoms with E-state index in [2.05, 4.69) is 22.0 Å². The van der Waals surface area contributed by atoms with Crippen molar-refractivity contribution in [1.82, 2.24) is 19.7 Å². The van der Waals surface area contributed by atoms with Crippen LogP contribution in [0, 0.1) is 23.5 Å². The molecule has 2 aromatic heterocycles. The van der Waals surface area contributed by atoms with E-state index in [1.165, 1.54) is 6.07 Å². The van der Waals surface area contributed by atoms with Gasteiger partial charge in [0.15, 0.2) is 23.2 Å². The topological polar surface area (TPSA) is 106 Å². The molecule has 0 spiro atoms. The number of nitrogens with one attached hydrogen (secondary N) is 1. The van der Waals surface area contributed by atoms with E-state index in [4.69, 9.17) is 10.5 Å². The van der Waals surface area contributed by atoms with Crippen molar-refractivity contribution in [3.05, 3.63) is 76.2 Å². The standard InChI is InChI=1S/C26H21F2N5O3/c1-2-4-21(34)32-12-11-15(13-32)18-14-33(23-22(18)26(35)31-30-25(23)29)16-7-9-17(10-8-16)36-24-19(27)5-3-6-20(24)28/h3,5-10,14-15H,11-13H2,1H3,(H2,29,30)(H,31,35). The molecule has 36 heavy (non-hydrogen) atoms. The van der Waals surface area contributed by atoms with Gasteiger partial charge in [-0.25, -0.2) is 13.9 Å². The molecule has 1 amide bonds. The fourth-order valence-corrected chi connectivity index (χ4v) is 4.51. The summed E-state index contributed by atoms with van der Waals surface area (Å²) in [6, 6.07) is 9.96. The zero-order valence-corrected chi connectivity index (χ0v) is 19.2. The molecule has 3 heterocycles. The molecule has 10 heteroatoms. The van der Waals surface area contributed by atoms with Crippen LogP contribution in [0.25, 0.3) is 16.6 Å². The highest BCUT2D eigenvalue weighted by atomic mass is 19.1. The summed E-state index contributed by atoms with van der Waals surface area (Å²) in [5.74, 6) is 3.07. The number of benzene rings is 2. The molecule has 0 saturated carbocycles. The number of likely N-dealkylation sites (tertiary alicyclic amines) is 1. The average Bonchev–Trinajstić information content (AvgIpc) is 3.51. The number of nitrogen functional groups attached to an aromatic ring is 1. The van der Waals surface area contributed by atoms with Gasteiger partial charge >= 0.3 is 0 Å². The van der Waals surface area contributed by atoms with Crippen LogP contribution >= 0.6 is 0 Å². The third-order valence-corrected chi connectivity index (χ3v) is 6.18. The first-order chi connectivity index (χ1) is 17.4. The summed E-state index contributed by atoms with van der Waals surface area (Å²) in [7, 11) is 0. The van der Waals surface area contributed by atoms with Crippen molar-refractivity contribution in [3.63, 3.8) is 0 Å². The van der Waals surface area contributed by atoms with Crippen molar-refractivity contribution < 1.29 is 18.3 Å². The molecule has 1 fully saturated rings. The van der Waals surface area contributed by atoms with Gasteiger partial charge in [0.1, 0.15) is 11.3 Å². The summed E-state index contributed by atoms with van der Waals surface area (Å²) < 4.78 is 35.1. The number of para-hydroxylation sites is 1. The third kappa shape index (κ3) is 4.05. The lowest BCUT2D eigenvalue weighted by molar-refractivity contribution is -0.124. The van der Waals surface area contributed by atoms with E-state index in [-0.39, 0.29) is 29.0 Å². The molecule has 0 aliphatic carbocycles. The van der Waals surface area contributed by atoms with Gasteiger partial charge < -0.3 is 19.9 Å². The molecule has 2 aromatic carbocycles. The molecule has 8 nitrogen and oxygen atoms in total. The molecule has 1 atom stereocenters. The van der Waals surface area contributed by atoms with Gasteiger partial charge in [0.2, 0.25) is 0 Å². The fraction of sp³-hybridized carbons (Fsp3) is 0.192. The van der Waals surface area contributed by atoms with Crippen LogP contribution in [0.15, 0.2) is 53.5 Å². The Kier molecular flexibility index (Phi) is 5.90. The molecular formula is C26H21F2N5O3. The van der Waals surface area contributed by atoms with Crippen LogP contribution in [-0.2, 0) is 4.79 Å². The van der Waals surface area contributed by atoms with Gasteiger partial charge in [0, 0.05) is 30.9 Å². The zero-order valence-electron chi connectivity index (χ0n) is 19.2. The molecule has 0 radical (unpaired) electrons. The number of aromatic amines is 1. The summed E-state index contributed by atoms with van der Waals surface area (Å²) in [6.07, 6.45) is 2.48. The number of carbonyl (C=O) groups excluding carboxylic acids is 1. The molecule has 1 unspecified atom stereocenters. The zero-order chi connectivity index (χ0) is 25.4. The quantitative estimate of drug-likeness (QED) is 0.425. The second-order valence-electron chi connectivity index (χ2n) is 8.37. The first-order valence-corrected chi connectivity index (χ1v) is 11.2. The minimum absolute atomic E-state index is 0.0918. The Morgan fingerprint density at radius 2 is 1.92 bits per heavy atom. The van der Waals surface area contributed by atoms with Crippen LogP contribution in [0.5, 0.6) is 11.5 Å². The Labute approximate surface area is 204 Å². The Bertz CT molecular complexity index is 1580. The first kappa shape index (κ1) is 23.1. The lowest BCUT2D eigenvalue weighted by Gasteiger charge is -2.12. The van der Waals surface area contributed by atoms with Crippen molar-refractivity contribution in [3.8, 4) is 29.0 Å². The van der Waals surface area contributed by atoms with E-state index in [1.54, 1.807) is 40.7 Å². The van der Waals surface area contributed by atoms with Gasteiger partial charge in [-0.2, -0.15) is 5.10 Å². The fourth-order valence-electron chi connectivity index (χ4n) is 4.51. The average molecular weight is 489 g/mol. The molecule has 1 saturated heterocycles. The molecule has 0 bridgehead atoms. The van der Waals surface area contributed by atoms with Crippen molar-refractivity contribution in [2.45, 2.75) is 19.3 Å². The minimum atomic E-state index is -0.813. The summed E-state index contributed by atoms with van der Waals surface area (Å²) in [5, 5.41) is 6.76. The monoisotopic (exact) mass is 489 g/mol. The number of H-pyrrole nitrogens is 1. The van der Waals surface area contributed by atoms with Gasteiger partial charge in [-0.3, -0.25) is 9.59 Å². The number of fused-ring (bicyclic) bond motifs is 1. The van der Waals surface area contributed by atoms with Gasteiger partial charge in [0.25, 0.3) is 11.5 Å². The number of rotatable bonds is 4. The summed E-state index contributed by atoms with van der Waals surface area (Å²) in [4.78, 5) is 26.7. The Morgan fingerprint density at radius 3 is 2.61 bits per heavy atom. The maximum Gasteiger partial charge on any atom is 0.298 e. The normalized spacial score (nSPS) is 15.1. The predicted octanol–water partition coefficient (Wildman–Crippen LogP) is 3.71. The van der Waals surface area contributed by atoms with E-state index >= 15 is 0 Å². The lowest BCUT2D eigenvalue weighted by Crippen LogP contribution is -2.27. The van der Waals surface area contributed by atoms with Crippen molar-refractivity contribution in [2.75, 3.05) is 18.8 Å². The van der Waals surface area contributed by atoms with Gasteiger partial charge in [0.05, 0.1) is 5.39 Å². The predicted molar refractivity (Wildman–Crippen MR) is 130 cm³/mol. The largest absolute Gasteiger partial charge is 0.451 e. The van der Waals surface area contributed by atoms with Crippen LogP contribution in [0.1, 0.15) is 24.8 Å². The van der Waals surface area contributed by atoms with Crippen molar-refractivity contribution in [1.29, 1.82) is 0 Å². The highest BCUT2D eigenvalue weighted by Crippen LogP contribution is 2.35. The molecular weight excluding hydrogens is 468 g/mol.